The minimum Gasteiger partial charge on any atom is -0.495 e. The molecule has 8 heteroatoms. The van der Waals surface area contributed by atoms with Gasteiger partial charge in [-0.15, -0.1) is 0 Å². The van der Waals surface area contributed by atoms with Gasteiger partial charge in [0.25, 0.3) is 0 Å². The maximum Gasteiger partial charge on any atom is 0.142 e. The van der Waals surface area contributed by atoms with E-state index in [-0.39, 0.29) is 24.0 Å². The molecular weight excluding hydrogens is 624 g/mol. The first-order valence-corrected chi connectivity index (χ1v) is 16.7. The highest BCUT2D eigenvalue weighted by molar-refractivity contribution is 5.70. The van der Waals surface area contributed by atoms with Crippen molar-refractivity contribution < 1.29 is 18.9 Å². The summed E-state index contributed by atoms with van der Waals surface area (Å²) in [4.78, 5) is 0. The second-order valence-corrected chi connectivity index (χ2v) is 12.7. The molecule has 0 saturated carbocycles. The standard InChI is InChI=1S/C42H46N4O4/c1-47-37-21-29(13-17-33(37)43)41(30-14-18-34(44)38(22-30)48-2)27-9-5-25(6-10-27)26-7-11-28(12-8-26)42(31-15-19-35(45)39(23-31)49-3)32-16-20-36(46)40(24-32)50-4/h5-7,9-11,13-24,35,39,41-42H,8,12,43-46H2,1-4H3. The Kier molecular flexibility index (Phi) is 10.3. The quantitative estimate of drug-likeness (QED) is 0.0958. The zero-order valence-corrected chi connectivity index (χ0v) is 29.1. The first-order chi connectivity index (χ1) is 24.2. The molecule has 0 radical (unpaired) electrons. The van der Waals surface area contributed by atoms with E-state index in [1.165, 1.54) is 16.7 Å². The second-order valence-electron chi connectivity index (χ2n) is 12.7. The molecular formula is C42H46N4O4. The molecule has 0 spiro atoms. The lowest BCUT2D eigenvalue weighted by molar-refractivity contribution is 0.128. The highest BCUT2D eigenvalue weighted by Crippen LogP contribution is 2.43. The Morgan fingerprint density at radius 2 is 1.10 bits per heavy atom. The highest BCUT2D eigenvalue weighted by Gasteiger charge is 2.27. The van der Waals surface area contributed by atoms with Crippen LogP contribution in [0.25, 0.3) is 5.57 Å². The third-order valence-corrected chi connectivity index (χ3v) is 9.79. The molecule has 4 aromatic rings. The van der Waals surface area contributed by atoms with Gasteiger partial charge in [0.15, 0.2) is 0 Å². The smallest absolute Gasteiger partial charge is 0.142 e. The number of methoxy groups -OCH3 is 4. The number of nitrogens with two attached hydrogens (primary N) is 4. The lowest BCUT2D eigenvalue weighted by Crippen LogP contribution is -2.35. The first kappa shape index (κ1) is 34.4. The Balaban J connectivity index is 1.35. The van der Waals surface area contributed by atoms with Gasteiger partial charge in [0.05, 0.1) is 50.5 Å². The second kappa shape index (κ2) is 15.0. The first-order valence-electron chi connectivity index (χ1n) is 16.7. The summed E-state index contributed by atoms with van der Waals surface area (Å²) >= 11 is 0. The van der Waals surface area contributed by atoms with Crippen molar-refractivity contribution in [1.82, 2.24) is 0 Å². The van der Waals surface area contributed by atoms with Gasteiger partial charge in [-0.25, -0.2) is 0 Å². The maximum absolute atomic E-state index is 6.31. The zero-order valence-electron chi connectivity index (χ0n) is 29.1. The van der Waals surface area contributed by atoms with Crippen LogP contribution in [0.3, 0.4) is 0 Å². The Hall–Kier alpha value is -5.44. The molecule has 0 bridgehead atoms. The average Bonchev–Trinajstić information content (AvgIpc) is 3.15. The number of rotatable bonds is 11. The number of allylic oxidation sites excluding steroid dienone is 6. The summed E-state index contributed by atoms with van der Waals surface area (Å²) in [6.07, 6.45) is 12.4. The van der Waals surface area contributed by atoms with Crippen LogP contribution in [-0.2, 0) is 4.74 Å². The minimum atomic E-state index is -0.200. The third kappa shape index (κ3) is 6.99. The van der Waals surface area contributed by atoms with E-state index in [9.17, 15) is 0 Å². The highest BCUT2D eigenvalue weighted by atomic mass is 16.5. The average molecular weight is 671 g/mol. The summed E-state index contributed by atoms with van der Waals surface area (Å²) < 4.78 is 22.5. The molecule has 0 heterocycles. The van der Waals surface area contributed by atoms with Crippen molar-refractivity contribution in [3.63, 3.8) is 0 Å². The number of ether oxygens (including phenoxy) is 4. The molecule has 0 amide bonds. The molecule has 8 N–H and O–H groups in total. The fraction of sp³-hybridized carbons (Fsp3) is 0.238. The lowest BCUT2D eigenvalue weighted by Gasteiger charge is -2.30. The number of hydrogen-bond acceptors (Lipinski definition) is 8. The van der Waals surface area contributed by atoms with E-state index in [1.807, 2.05) is 54.6 Å². The van der Waals surface area contributed by atoms with Crippen LogP contribution >= 0.6 is 0 Å². The molecule has 258 valence electrons. The van der Waals surface area contributed by atoms with Crippen molar-refractivity contribution >= 4 is 22.6 Å². The number of hydrogen-bond donors (Lipinski definition) is 4. The van der Waals surface area contributed by atoms with E-state index >= 15 is 0 Å². The maximum atomic E-state index is 6.31. The van der Waals surface area contributed by atoms with Gasteiger partial charge in [0.1, 0.15) is 17.2 Å². The fourth-order valence-electron chi connectivity index (χ4n) is 7.05. The Morgan fingerprint density at radius 3 is 1.56 bits per heavy atom. The van der Waals surface area contributed by atoms with Crippen molar-refractivity contribution in [1.29, 1.82) is 0 Å². The van der Waals surface area contributed by atoms with E-state index in [2.05, 4.69) is 54.6 Å². The molecule has 0 aromatic heterocycles. The molecule has 2 aliphatic rings. The van der Waals surface area contributed by atoms with Gasteiger partial charge in [-0.3, -0.25) is 0 Å². The summed E-state index contributed by atoms with van der Waals surface area (Å²) in [6, 6.07) is 26.5. The van der Waals surface area contributed by atoms with Crippen molar-refractivity contribution in [2.75, 3.05) is 45.6 Å². The lowest BCUT2D eigenvalue weighted by atomic mass is 9.77. The van der Waals surface area contributed by atoms with E-state index < -0.39 is 0 Å². The molecule has 2 aliphatic carbocycles. The van der Waals surface area contributed by atoms with Crippen molar-refractivity contribution in [2.45, 2.75) is 36.8 Å². The molecule has 50 heavy (non-hydrogen) atoms. The summed E-state index contributed by atoms with van der Waals surface area (Å²) in [5.74, 6) is 1.84. The molecule has 0 aliphatic heterocycles. The van der Waals surface area contributed by atoms with E-state index in [4.69, 9.17) is 41.9 Å². The van der Waals surface area contributed by atoms with Crippen LogP contribution in [0, 0.1) is 0 Å². The molecule has 6 rings (SSSR count). The predicted molar refractivity (Wildman–Crippen MR) is 204 cm³/mol. The summed E-state index contributed by atoms with van der Waals surface area (Å²) in [5, 5.41) is 0. The van der Waals surface area contributed by atoms with E-state index in [0.29, 0.717) is 34.3 Å². The van der Waals surface area contributed by atoms with Crippen molar-refractivity contribution in [3.8, 4) is 17.2 Å². The van der Waals surface area contributed by atoms with Gasteiger partial charge < -0.3 is 41.9 Å². The van der Waals surface area contributed by atoms with Gasteiger partial charge in [-0.05, 0) is 94.3 Å². The number of anilines is 3. The molecule has 0 fully saturated rings. The Bertz CT molecular complexity index is 1920. The van der Waals surface area contributed by atoms with Gasteiger partial charge in [-0.1, -0.05) is 72.3 Å². The number of nitrogen functional groups attached to an aromatic ring is 3. The van der Waals surface area contributed by atoms with Gasteiger partial charge in [-0.2, -0.15) is 0 Å². The molecule has 8 nitrogen and oxygen atoms in total. The van der Waals surface area contributed by atoms with Crippen LogP contribution in [-0.4, -0.2) is 40.6 Å². The topological polar surface area (TPSA) is 141 Å². The Morgan fingerprint density at radius 1 is 0.600 bits per heavy atom. The zero-order chi connectivity index (χ0) is 35.4. The Labute approximate surface area is 294 Å². The van der Waals surface area contributed by atoms with Gasteiger partial charge in [0, 0.05) is 18.9 Å². The largest absolute Gasteiger partial charge is 0.495 e. The van der Waals surface area contributed by atoms with Crippen LogP contribution < -0.4 is 37.1 Å². The monoisotopic (exact) mass is 670 g/mol. The summed E-state index contributed by atoms with van der Waals surface area (Å²) in [5.41, 5.74) is 35.9. The normalized spacial score (nSPS) is 17.8. The van der Waals surface area contributed by atoms with Crippen LogP contribution in [0.15, 0.2) is 120 Å². The van der Waals surface area contributed by atoms with Crippen molar-refractivity contribution in [2.24, 2.45) is 5.73 Å². The van der Waals surface area contributed by atoms with Crippen LogP contribution in [0.4, 0.5) is 17.1 Å². The summed E-state index contributed by atoms with van der Waals surface area (Å²) in [6.45, 7) is 0. The molecule has 3 unspecified atom stereocenters. The van der Waals surface area contributed by atoms with Crippen LogP contribution in [0.5, 0.6) is 17.2 Å². The van der Waals surface area contributed by atoms with Crippen LogP contribution in [0.1, 0.15) is 52.5 Å². The SMILES string of the molecule is COc1cc(C(C2=CC(OC)C(N)C=C2)C2=CC=C(c3ccc(C(c4ccc(N)c(OC)c4)c4ccc(N)c(OC)c4)cc3)CC2)ccc1N. The van der Waals surface area contributed by atoms with Gasteiger partial charge in [0.2, 0.25) is 0 Å². The third-order valence-electron chi connectivity index (χ3n) is 9.79. The van der Waals surface area contributed by atoms with Gasteiger partial charge >= 0.3 is 0 Å². The van der Waals surface area contributed by atoms with Crippen molar-refractivity contribution in [3.05, 3.63) is 148 Å². The van der Waals surface area contributed by atoms with Crippen LogP contribution in [0.2, 0.25) is 0 Å². The van der Waals surface area contributed by atoms with E-state index in [1.54, 1.807) is 28.4 Å². The van der Waals surface area contributed by atoms with E-state index in [0.717, 1.165) is 40.7 Å². The predicted octanol–water partition coefficient (Wildman–Crippen LogP) is 7.37. The fourth-order valence-corrected chi connectivity index (χ4v) is 7.05. The molecule has 3 atom stereocenters. The number of benzene rings is 4. The minimum absolute atomic E-state index is 0.000588. The molecule has 4 aromatic carbocycles. The molecule has 0 saturated heterocycles. The summed E-state index contributed by atoms with van der Waals surface area (Å²) in [7, 11) is 6.60.